The van der Waals surface area contributed by atoms with E-state index in [0.717, 1.165) is 27.7 Å². The first-order valence-corrected chi connectivity index (χ1v) is 39.0. The Hall–Kier alpha value is -4.45. The van der Waals surface area contributed by atoms with Gasteiger partial charge in [0.1, 0.15) is 232 Å². The Labute approximate surface area is 695 Å². The third-order valence-corrected chi connectivity index (χ3v) is 22.4. The number of aliphatic hydroxyl groups excluding tert-OH is 26. The third kappa shape index (κ3) is 22.3. The lowest BCUT2D eigenvalue weighted by Gasteiger charge is -2.51. The molecule has 10 fully saturated rings. The van der Waals surface area contributed by atoms with Gasteiger partial charge in [0, 0.05) is 27.7 Å². The standard InChI is InChI=1S/C68H112N4O51/c1-14-31(83)41(93)46(98)63(107-14)105-13-26-52(38(90)27(59(104)108-26)69-15(2)79)116-61-29(71-17(4)81)39(91)51(23(10-77)113-61)118-66-49(101)54(120-68-57(44(96)34(86)21(8-75)112-68)123-60-28(70-16(3)80)37(89)32(84)19(6-73)109-60)36(88)25(115-66)12-106-67-56(43(95)33(85)20(7-74)111-67)122-62-30(72-18(5)82)40(92)50(24(11-78)114-62)117-65-48(100)53(35(87)22(9-76)110-65)119-64-47(99)42(94)45(97)55(121-64)58(102)103/h14,19-57,59-68,73-78,83-101,104H,6-13H2,1-5H3,(H,69,79)(H,70,80)(H,71,81)(H,72,82)(H,102,103)/t14-,19+,20+,21+,22+,23+,24+,25+,26+,27+,28+,29+,30+,31+,32+,33+,34+,35-,36+,37+,38+,39+,40+,41+,42-,43-,44-,45-,46-,47+,48+,49-,50+,51+,52+,53-,54-,55-,56-,57-,59+,60-,61-,62-,63+,64+,65-,66-,67-,68+/m0/s1. The largest absolute Gasteiger partial charge is 0.479 e. The quantitative estimate of drug-likeness (QED) is 0.0306. The van der Waals surface area contributed by atoms with E-state index in [2.05, 4.69) is 21.3 Å². The zero-order valence-electron chi connectivity index (χ0n) is 65.9. The number of aliphatic carboxylic acids is 1. The van der Waals surface area contributed by atoms with Crippen molar-refractivity contribution in [3.63, 3.8) is 0 Å². The number of carbonyl (C=O) groups is 5. The average Bonchev–Trinajstić information content (AvgIpc) is 0.763. The van der Waals surface area contributed by atoms with Crippen LogP contribution in [0.25, 0.3) is 0 Å². The summed E-state index contributed by atoms with van der Waals surface area (Å²) in [6.45, 7) is -4.04. The summed E-state index contributed by atoms with van der Waals surface area (Å²) in [6, 6.07) is -7.63. The van der Waals surface area contributed by atoms with Crippen LogP contribution in [-0.4, -0.2) is 527 Å². The molecule has 55 nitrogen and oxygen atoms in total. The Morgan fingerprint density at radius 3 is 1.02 bits per heavy atom. The second-order valence-electron chi connectivity index (χ2n) is 31.0. The summed E-state index contributed by atoms with van der Waals surface area (Å²) in [7, 11) is 0. The molecule has 0 radical (unpaired) electrons. The zero-order valence-corrected chi connectivity index (χ0v) is 65.9. The number of carbonyl (C=O) groups excluding carboxylic acids is 4. The molecular formula is C68H112N4O51. The molecule has 31 N–H and O–H groups in total. The predicted octanol–water partition coefficient (Wildman–Crippen LogP) is -21.1. The van der Waals surface area contributed by atoms with E-state index in [1.165, 1.54) is 6.92 Å². The highest BCUT2D eigenvalue weighted by atomic mass is 16.8. The van der Waals surface area contributed by atoms with Crippen LogP contribution in [0, 0.1) is 0 Å². The van der Waals surface area contributed by atoms with Crippen molar-refractivity contribution in [1.29, 1.82) is 0 Å². The SMILES string of the molecule is CC(=O)N[C@@H]1[C@@H](O)[C@H](O[C@@H]2O[C@H](CO)[C@@H](O[C@@H]3O[C@H](CO[C@H]4O[C@H](CO)[C@@H](O)[C@H](O)[C@@H]4O[C@@H]4O[C@H](CO)[C@@H](O[C@@H]5O[C@H](CO)[C@H](O)[C@H](O[C@@H]6O[C@H](C(=O)O)[C@@H](O)[C@H](O)[C@H]6O)[C@H]5O)[C@H](O)[C@H]4NC(C)=O)[C@@H](O)[C@H](O[C@H]4O[C@H](CO)[C@@H](O)[C@H](O)[C@@H]4O[C@@H]4O[C@H](CO)[C@@H](O)[C@H](O)[C@H]4NC(C)=O)[C@@H]3O)[C@H](O)[C@H]2NC(C)=O)[C@@H](CO[C@@H]2O[C@@H](C)[C@@H](O)[C@@H](O)[C@@H]2O)O[C@H]1O. The third-order valence-electron chi connectivity index (χ3n) is 22.4. The van der Waals surface area contributed by atoms with Crippen LogP contribution in [-0.2, 0) is 114 Å². The van der Waals surface area contributed by atoms with E-state index in [0.29, 0.717) is 0 Å². The van der Waals surface area contributed by atoms with Crippen LogP contribution in [0.5, 0.6) is 0 Å². The molecule has 10 rings (SSSR count). The fraction of sp³-hybridized carbons (Fsp3) is 0.926. The molecule has 50 atom stereocenters. The highest BCUT2D eigenvalue weighted by molar-refractivity contribution is 5.75. The molecule has 10 aliphatic heterocycles. The monoisotopic (exact) mass is 1800 g/mol. The van der Waals surface area contributed by atoms with Crippen molar-refractivity contribution < 1.29 is 252 Å². The molecule has 4 amide bonds. The molecule has 0 aromatic carbocycles. The molecule has 0 aromatic rings. The molecule has 55 heteroatoms. The number of amides is 4. The Bertz CT molecular complexity index is 3380. The Morgan fingerprint density at radius 1 is 0.252 bits per heavy atom. The van der Waals surface area contributed by atoms with E-state index in [-0.39, 0.29) is 0 Å². The van der Waals surface area contributed by atoms with Crippen molar-refractivity contribution in [1.82, 2.24) is 21.3 Å². The van der Waals surface area contributed by atoms with Crippen LogP contribution in [0.1, 0.15) is 34.6 Å². The normalized spacial score (nSPS) is 49.4. The molecule has 10 aliphatic rings. The number of hydrogen-bond acceptors (Lipinski definition) is 50. The first-order valence-electron chi connectivity index (χ1n) is 39.0. The molecule has 710 valence electrons. The maximum atomic E-state index is 13.2. The smallest absolute Gasteiger partial charge is 0.335 e. The first-order chi connectivity index (χ1) is 58.0. The van der Waals surface area contributed by atoms with Crippen LogP contribution >= 0.6 is 0 Å². The maximum absolute atomic E-state index is 13.2. The van der Waals surface area contributed by atoms with E-state index in [9.17, 15) is 162 Å². The highest BCUT2D eigenvalue weighted by Crippen LogP contribution is 2.41. The number of aliphatic hydroxyl groups is 26. The number of carboxylic acid groups (broad SMARTS) is 1. The fourth-order valence-corrected chi connectivity index (χ4v) is 15.8. The number of ether oxygens (including phenoxy) is 19. The van der Waals surface area contributed by atoms with Gasteiger partial charge in [-0.1, -0.05) is 0 Å². The number of nitrogens with one attached hydrogen (secondary N) is 4. The molecule has 0 saturated carbocycles. The molecule has 0 spiro atoms. The summed E-state index contributed by atoms with van der Waals surface area (Å²) < 4.78 is 112. The Kier molecular flexibility index (Phi) is 35.6. The van der Waals surface area contributed by atoms with Crippen molar-refractivity contribution >= 4 is 29.6 Å². The Morgan fingerprint density at radius 2 is 0.561 bits per heavy atom. The van der Waals surface area contributed by atoms with Crippen molar-refractivity contribution in [3.05, 3.63) is 0 Å². The lowest BCUT2D eigenvalue weighted by Crippen LogP contribution is -2.71. The molecule has 0 unspecified atom stereocenters. The van der Waals surface area contributed by atoms with Gasteiger partial charge in [-0.2, -0.15) is 0 Å². The van der Waals surface area contributed by atoms with Gasteiger partial charge in [0.15, 0.2) is 69.0 Å². The van der Waals surface area contributed by atoms with E-state index in [1.54, 1.807) is 0 Å². The minimum absolute atomic E-state index is 0.845. The second-order valence-corrected chi connectivity index (χ2v) is 31.0. The lowest BCUT2D eigenvalue weighted by atomic mass is 9.93. The molecule has 10 heterocycles. The predicted molar refractivity (Wildman–Crippen MR) is 375 cm³/mol. The fourth-order valence-electron chi connectivity index (χ4n) is 15.8. The molecule has 0 bridgehead atoms. The summed E-state index contributed by atoms with van der Waals surface area (Å²) in [5, 5.41) is 310. The van der Waals surface area contributed by atoms with Crippen LogP contribution in [0.4, 0.5) is 0 Å². The summed E-state index contributed by atoms with van der Waals surface area (Å²) in [5.41, 5.74) is 0. The highest BCUT2D eigenvalue weighted by Gasteiger charge is 2.62. The van der Waals surface area contributed by atoms with Gasteiger partial charge in [-0.05, 0) is 6.92 Å². The van der Waals surface area contributed by atoms with Crippen LogP contribution in [0.2, 0.25) is 0 Å². The number of hydrogen-bond donors (Lipinski definition) is 31. The summed E-state index contributed by atoms with van der Waals surface area (Å²) in [5.74, 6) is -5.61. The van der Waals surface area contributed by atoms with E-state index in [1.807, 2.05) is 0 Å². The van der Waals surface area contributed by atoms with Gasteiger partial charge in [-0.25, -0.2) is 4.79 Å². The second kappa shape index (κ2) is 43.5. The van der Waals surface area contributed by atoms with Crippen LogP contribution in [0.3, 0.4) is 0 Å². The zero-order chi connectivity index (χ0) is 90.7. The molecular weight excluding hydrogens is 1690 g/mol. The molecule has 10 saturated heterocycles. The maximum Gasteiger partial charge on any atom is 0.335 e. The van der Waals surface area contributed by atoms with Crippen molar-refractivity contribution in [2.24, 2.45) is 0 Å². The molecule has 123 heavy (non-hydrogen) atoms. The minimum atomic E-state index is -2.60. The lowest BCUT2D eigenvalue weighted by molar-refractivity contribution is -0.397. The van der Waals surface area contributed by atoms with Gasteiger partial charge >= 0.3 is 5.97 Å². The first kappa shape index (κ1) is 101. The average molecular weight is 1800 g/mol. The van der Waals surface area contributed by atoms with Crippen LogP contribution < -0.4 is 21.3 Å². The number of carboxylic acids is 1. The van der Waals surface area contributed by atoms with Gasteiger partial charge in [0.05, 0.1) is 59.0 Å². The summed E-state index contributed by atoms with van der Waals surface area (Å²) in [6.07, 6.45) is -97.8. The summed E-state index contributed by atoms with van der Waals surface area (Å²) >= 11 is 0. The van der Waals surface area contributed by atoms with E-state index in [4.69, 9.17) is 90.0 Å². The van der Waals surface area contributed by atoms with Crippen LogP contribution in [0.15, 0.2) is 0 Å². The minimum Gasteiger partial charge on any atom is -0.479 e. The van der Waals surface area contributed by atoms with Gasteiger partial charge in [0.2, 0.25) is 23.6 Å². The van der Waals surface area contributed by atoms with Gasteiger partial charge in [-0.3, -0.25) is 19.2 Å². The summed E-state index contributed by atoms with van der Waals surface area (Å²) in [4.78, 5) is 63.2. The molecule has 0 aromatic heterocycles. The van der Waals surface area contributed by atoms with E-state index < -0.39 is 389 Å². The van der Waals surface area contributed by atoms with Crippen molar-refractivity contribution in [2.75, 3.05) is 52.9 Å². The number of rotatable bonds is 31. The van der Waals surface area contributed by atoms with E-state index >= 15 is 0 Å². The van der Waals surface area contributed by atoms with Gasteiger partial charge in [0.25, 0.3) is 0 Å². The van der Waals surface area contributed by atoms with Gasteiger partial charge < -0.3 is 249 Å². The Balaban J connectivity index is 0.960. The van der Waals surface area contributed by atoms with Crippen molar-refractivity contribution in [2.45, 2.75) is 341 Å². The van der Waals surface area contributed by atoms with Gasteiger partial charge in [-0.15, -0.1) is 0 Å². The van der Waals surface area contributed by atoms with Crippen molar-refractivity contribution in [3.8, 4) is 0 Å². The topological polar surface area (TPSA) is 855 Å². The molecule has 0 aliphatic carbocycles.